The van der Waals surface area contributed by atoms with E-state index in [9.17, 15) is 14.7 Å². The number of halogens is 1. The molecule has 0 radical (unpaired) electrons. The molecular weight excluding hydrogens is 352 g/mol. The molecule has 1 N–H and O–H groups in total. The third kappa shape index (κ3) is 3.28. The van der Waals surface area contributed by atoms with Gasteiger partial charge in [-0.05, 0) is 24.6 Å². The van der Waals surface area contributed by atoms with E-state index < -0.39 is 23.1 Å². The number of hydrogen-bond acceptors (Lipinski definition) is 7. The van der Waals surface area contributed by atoms with Gasteiger partial charge in [-0.1, -0.05) is 11.6 Å². The van der Waals surface area contributed by atoms with Crippen LogP contribution in [0.3, 0.4) is 0 Å². The van der Waals surface area contributed by atoms with E-state index >= 15 is 0 Å². The van der Waals surface area contributed by atoms with Crippen molar-refractivity contribution in [3.8, 4) is 17.2 Å². The maximum atomic E-state index is 11.9. The lowest BCUT2D eigenvalue weighted by atomic mass is 9.92. The van der Waals surface area contributed by atoms with E-state index in [1.165, 1.54) is 13.2 Å². The van der Waals surface area contributed by atoms with Crippen LogP contribution in [0.15, 0.2) is 27.4 Å². The Balaban J connectivity index is 2.15. The highest BCUT2D eigenvalue weighted by atomic mass is 35.5. The Kier molecular flexibility index (Phi) is 4.59. The Labute approximate surface area is 147 Å². The quantitative estimate of drug-likeness (QED) is 0.831. The molecule has 25 heavy (non-hydrogen) atoms. The number of carbonyl (C=O) groups excluding carboxylic acids is 1. The molecule has 1 aromatic carbocycles. The molecule has 1 aliphatic heterocycles. The van der Waals surface area contributed by atoms with Crippen LogP contribution in [-0.2, 0) is 9.53 Å². The number of fused-ring (bicyclic) bond motifs is 1. The molecule has 132 valence electrons. The van der Waals surface area contributed by atoms with Crippen molar-refractivity contribution >= 4 is 17.6 Å². The van der Waals surface area contributed by atoms with Gasteiger partial charge in [0, 0.05) is 6.07 Å². The minimum atomic E-state index is -0.785. The number of hydrogen-bond donors (Lipinski definition) is 1. The Hall–Kier alpha value is -2.67. The number of rotatable bonds is 4. The summed E-state index contributed by atoms with van der Waals surface area (Å²) in [5, 5.41) is 10.4. The Morgan fingerprint density at radius 1 is 1.36 bits per heavy atom. The molecule has 0 amide bonds. The molecule has 1 aromatic heterocycles. The molecule has 1 aliphatic rings. The molecule has 2 heterocycles. The van der Waals surface area contributed by atoms with Gasteiger partial charge in [-0.25, -0.2) is 0 Å². The molecule has 0 spiro atoms. The highest BCUT2D eigenvalue weighted by Crippen LogP contribution is 2.44. The van der Waals surface area contributed by atoms with Crippen LogP contribution < -0.4 is 14.9 Å². The summed E-state index contributed by atoms with van der Waals surface area (Å²) >= 11 is 6.20. The van der Waals surface area contributed by atoms with Gasteiger partial charge < -0.3 is 23.7 Å². The third-order valence-electron chi connectivity index (χ3n) is 3.84. The SMILES string of the molecule is COC(=O)CC(c1cc(Cl)c2c(c1)OCO2)c1oc(C)cc(=O)c1O. The van der Waals surface area contributed by atoms with Gasteiger partial charge in [-0.15, -0.1) is 0 Å². The molecule has 1 unspecified atom stereocenters. The lowest BCUT2D eigenvalue weighted by molar-refractivity contribution is -0.140. The fourth-order valence-corrected chi connectivity index (χ4v) is 2.94. The zero-order chi connectivity index (χ0) is 18.1. The van der Waals surface area contributed by atoms with E-state index in [1.807, 2.05) is 0 Å². The molecular formula is C17H15ClO7. The van der Waals surface area contributed by atoms with E-state index in [0.29, 0.717) is 22.8 Å². The topological polar surface area (TPSA) is 95.2 Å². The minimum absolute atomic E-state index is 0.0327. The smallest absolute Gasteiger partial charge is 0.306 e. The van der Waals surface area contributed by atoms with Crippen LogP contribution in [0.5, 0.6) is 17.2 Å². The first kappa shape index (κ1) is 17.2. The monoisotopic (exact) mass is 366 g/mol. The number of benzene rings is 1. The Morgan fingerprint density at radius 3 is 2.84 bits per heavy atom. The van der Waals surface area contributed by atoms with E-state index in [-0.39, 0.29) is 24.0 Å². The first-order chi connectivity index (χ1) is 11.9. The summed E-state index contributed by atoms with van der Waals surface area (Å²) in [7, 11) is 1.25. The lowest BCUT2D eigenvalue weighted by Crippen LogP contribution is -2.13. The molecule has 2 aromatic rings. The van der Waals surface area contributed by atoms with Crippen LogP contribution in [-0.4, -0.2) is 25.0 Å². The average molecular weight is 367 g/mol. The number of ether oxygens (including phenoxy) is 3. The summed E-state index contributed by atoms with van der Waals surface area (Å²) in [6.45, 7) is 1.61. The van der Waals surface area contributed by atoms with Gasteiger partial charge in [0.2, 0.25) is 18.0 Å². The van der Waals surface area contributed by atoms with Crippen molar-refractivity contribution < 1.29 is 28.5 Å². The molecule has 1 atom stereocenters. The standard InChI is InChI=1S/C17H15ClO7/c1-8-3-12(19)15(21)16(25-8)10(6-14(20)22-2)9-4-11(18)17-13(5-9)23-7-24-17/h3-5,10,21H,6-7H2,1-2H3. The number of aromatic hydroxyl groups is 1. The van der Waals surface area contributed by atoms with Crippen molar-refractivity contribution in [2.75, 3.05) is 13.9 Å². The van der Waals surface area contributed by atoms with Crippen molar-refractivity contribution in [2.45, 2.75) is 19.3 Å². The Bertz CT molecular complexity index is 887. The summed E-state index contributed by atoms with van der Waals surface area (Å²) in [5.41, 5.74) is -0.0795. The second-order valence-corrected chi connectivity index (χ2v) is 5.91. The lowest BCUT2D eigenvalue weighted by Gasteiger charge is -2.17. The zero-order valence-electron chi connectivity index (χ0n) is 13.5. The molecule has 0 aliphatic carbocycles. The second-order valence-electron chi connectivity index (χ2n) is 5.50. The van der Waals surface area contributed by atoms with Gasteiger partial charge in [-0.2, -0.15) is 0 Å². The first-order valence-corrected chi connectivity index (χ1v) is 7.78. The number of aryl methyl sites for hydroxylation is 1. The van der Waals surface area contributed by atoms with Crippen molar-refractivity contribution in [1.29, 1.82) is 0 Å². The predicted molar refractivity (Wildman–Crippen MR) is 87.4 cm³/mol. The molecule has 0 saturated carbocycles. The largest absolute Gasteiger partial charge is 0.502 e. The normalized spacial score (nSPS) is 13.6. The number of methoxy groups -OCH3 is 1. The summed E-state index contributed by atoms with van der Waals surface area (Å²) in [6.07, 6.45) is -0.160. The first-order valence-electron chi connectivity index (χ1n) is 7.40. The van der Waals surface area contributed by atoms with Crippen LogP contribution >= 0.6 is 11.6 Å². The van der Waals surface area contributed by atoms with E-state index in [0.717, 1.165) is 0 Å². The Morgan fingerprint density at radius 2 is 2.12 bits per heavy atom. The molecule has 7 nitrogen and oxygen atoms in total. The van der Waals surface area contributed by atoms with Crippen LogP contribution in [0.25, 0.3) is 0 Å². The zero-order valence-corrected chi connectivity index (χ0v) is 14.3. The van der Waals surface area contributed by atoms with Gasteiger partial charge >= 0.3 is 5.97 Å². The number of carbonyl (C=O) groups is 1. The summed E-state index contributed by atoms with van der Waals surface area (Å²) < 4.78 is 20.9. The molecule has 0 bridgehead atoms. The van der Waals surface area contributed by atoms with E-state index in [2.05, 4.69) is 0 Å². The van der Waals surface area contributed by atoms with Crippen molar-refractivity contribution in [3.63, 3.8) is 0 Å². The van der Waals surface area contributed by atoms with Gasteiger partial charge in [0.05, 0.1) is 24.5 Å². The van der Waals surface area contributed by atoms with Crippen LogP contribution in [0.2, 0.25) is 5.02 Å². The van der Waals surface area contributed by atoms with Crippen molar-refractivity contribution in [2.24, 2.45) is 0 Å². The van der Waals surface area contributed by atoms with Gasteiger partial charge in [-0.3, -0.25) is 9.59 Å². The third-order valence-corrected chi connectivity index (χ3v) is 4.12. The molecule has 8 heteroatoms. The summed E-state index contributed by atoms with van der Waals surface area (Å²) in [5.74, 6) is -0.809. The summed E-state index contributed by atoms with van der Waals surface area (Å²) in [6, 6.07) is 4.37. The van der Waals surface area contributed by atoms with Crippen LogP contribution in [0.4, 0.5) is 0 Å². The number of esters is 1. The molecule has 0 saturated heterocycles. The minimum Gasteiger partial charge on any atom is -0.502 e. The van der Waals surface area contributed by atoms with Gasteiger partial charge in [0.25, 0.3) is 0 Å². The van der Waals surface area contributed by atoms with Crippen LogP contribution in [0.1, 0.15) is 29.4 Å². The predicted octanol–water partition coefficient (Wildman–Crippen LogP) is 2.73. The fourth-order valence-electron chi connectivity index (χ4n) is 2.66. The van der Waals surface area contributed by atoms with Gasteiger partial charge in [0.1, 0.15) is 5.76 Å². The van der Waals surface area contributed by atoms with Crippen molar-refractivity contribution in [1.82, 2.24) is 0 Å². The fraction of sp³-hybridized carbons (Fsp3) is 0.294. The highest BCUT2D eigenvalue weighted by molar-refractivity contribution is 6.32. The maximum absolute atomic E-state index is 11.9. The van der Waals surface area contributed by atoms with E-state index in [1.54, 1.807) is 19.1 Å². The van der Waals surface area contributed by atoms with E-state index in [4.69, 9.17) is 30.2 Å². The molecule has 0 fully saturated rings. The maximum Gasteiger partial charge on any atom is 0.306 e. The average Bonchev–Trinajstić information content (AvgIpc) is 3.05. The summed E-state index contributed by atoms with van der Waals surface area (Å²) in [4.78, 5) is 23.8. The van der Waals surface area contributed by atoms with Crippen molar-refractivity contribution in [3.05, 3.63) is 50.5 Å². The van der Waals surface area contributed by atoms with Gasteiger partial charge in [0.15, 0.2) is 17.3 Å². The second kappa shape index (κ2) is 6.68. The molecule has 3 rings (SSSR count). The highest BCUT2D eigenvalue weighted by Gasteiger charge is 2.29. The van der Waals surface area contributed by atoms with Crippen LogP contribution in [0, 0.1) is 6.92 Å².